The minimum Gasteiger partial charge on any atom is -0.496 e. The number of aromatic nitrogens is 6. The number of nitrogens with zero attached hydrogens (tertiary/aromatic N) is 7. The highest BCUT2D eigenvalue weighted by Crippen LogP contribution is 2.50. The Hall–Kier alpha value is -7.31. The molecule has 0 aliphatic carbocycles. The number of methoxy groups -OCH3 is 3. The first kappa shape index (κ1) is 115. The molecule has 12 atom stereocenters. The molecule has 7 aromatic rings. The van der Waals surface area contributed by atoms with E-state index in [0.717, 1.165) is 16.6 Å². The summed E-state index contributed by atoms with van der Waals surface area (Å²) in [5, 5.41) is 55.5. The number of hydrogen-bond donors (Lipinski definition) is 4. The lowest BCUT2D eigenvalue weighted by Crippen LogP contribution is -2.45. The van der Waals surface area contributed by atoms with Crippen LogP contribution in [0.1, 0.15) is 296 Å². The Kier molecular flexibility index (Phi) is 38.6. The number of ether oxygens (including phenoxy) is 9. The molecule has 6 heterocycles. The van der Waals surface area contributed by atoms with Gasteiger partial charge in [0, 0.05) is 56.1 Å². The van der Waals surface area contributed by atoms with E-state index in [1.54, 1.807) is 18.2 Å². The number of nitrogens with one attached hydrogen (secondary N) is 2. The Bertz CT molecular complexity index is 5900. The van der Waals surface area contributed by atoms with Gasteiger partial charge in [-0.3, -0.25) is 63.6 Å². The molecule has 3 aliphatic rings. The van der Waals surface area contributed by atoms with Crippen molar-refractivity contribution in [1.82, 2.24) is 28.7 Å². The highest BCUT2D eigenvalue weighted by Gasteiger charge is 2.49. The van der Waals surface area contributed by atoms with Crippen molar-refractivity contribution < 1.29 is 89.1 Å². The number of nitro groups is 3. The van der Waals surface area contributed by atoms with E-state index in [0.29, 0.717) is 63.9 Å². The van der Waals surface area contributed by atoms with Gasteiger partial charge < -0.3 is 65.9 Å². The molecule has 42 heteroatoms. The fourth-order valence-electron chi connectivity index (χ4n) is 15.9. The van der Waals surface area contributed by atoms with E-state index < -0.39 is 148 Å². The van der Waals surface area contributed by atoms with Gasteiger partial charge in [-0.05, 0) is 186 Å². The Morgan fingerprint density at radius 1 is 0.496 bits per heavy atom. The average molecular weight is 2310 g/mol. The molecule has 3 fully saturated rings. The first-order valence-corrected chi connectivity index (χ1v) is 56.1. The highest BCUT2D eigenvalue weighted by molar-refractivity contribution is 14.1. The van der Waals surface area contributed by atoms with Gasteiger partial charge in [0.05, 0.1) is 155 Å². The normalized spacial score (nSPS) is 19.8. The molecule has 137 heavy (non-hydrogen) atoms. The maximum absolute atomic E-state index is 14.7. The van der Waals surface area contributed by atoms with Gasteiger partial charge in [-0.1, -0.05) is 171 Å². The predicted octanol–water partition coefficient (Wildman–Crippen LogP) is 19.7. The lowest BCUT2D eigenvalue weighted by Gasteiger charge is -2.39. The standard InChI is InChI=1S/C44H66IN3O10SSi.C29H44IN3O8Si.C22H28IN3O9/c1-17-35-37(58-60(15,16)44(11,12)13)22-38(56-35)47-23-29(24-55-40(43(8,9)10)32-20-36(54-14)33(45)21-34(32)48(50)51)41(46-42(47)49)57-59(52,53)39-30(26(4)5)18-28(25(2)3)19-31(39)27(6)7;1-11-21-23(41-42(9,10)29(5,6)7)14-24(40-21)32-15-17(26(34)31-27(32)35)16-39-25(28(2,3)4)18-12-22(38-8)19(30)13-20(18)33(36)37;1-22(2,3)19(12-5-16(33-4)13(23)6-14(12)26(31)32)34-10-11-8-25(21(30)24-20(11)29)18-7-15(28)17(9-27)35-18/h18-21,23,25-27,35,37-38,40H,17,22,24H2,1-16H3;12-13,15,21,23-25H,11,14,16H2,1-10H3,(H,31,34,35);5-6,8,15,17-19,27-28H,7,9-10H2,1-4H3,(H,24,29,30)/t35-,37?,38-,40-;21-,23?,24-,25-;15?,17-,18-,19-/m111/s1. The van der Waals surface area contributed by atoms with E-state index in [1.807, 2.05) is 184 Å². The SMILES string of the molecule is CC[C@H]1O[C@@H](n2cc(CO[C@H](c3cc(OC)c(I)cc3[N+](=O)[O-])C(C)(C)C)c(=O)[nH]c2=O)CC1O[Si](C)(C)C(C)(C)C.CC[C@H]1O[C@@H](n2cc(CO[C@H](c3cc(OC)c(I)cc3[N+](=O)[O-])C(C)(C)C)c(OS(=O)(=O)c3c(C(C)C)cc(C(C)C)cc3C(C)C)nc2=O)CC1O[Si](C)(C)C(C)(C)C.COc1cc([C@@H](OCc2cn([C@H]3CC(O)[C@@H](CO)O3)c(=O)[nH]c2=O)C(C)(C)C)c([N+](=O)[O-])cc1I. The van der Waals surface area contributed by atoms with E-state index in [4.69, 9.17) is 55.7 Å². The summed E-state index contributed by atoms with van der Waals surface area (Å²) in [5.74, 6) is 0.704. The first-order chi connectivity index (χ1) is 63.2. The van der Waals surface area contributed by atoms with Crippen molar-refractivity contribution in [1.29, 1.82) is 0 Å². The van der Waals surface area contributed by atoms with Crippen molar-refractivity contribution in [3.05, 3.63) is 210 Å². The van der Waals surface area contributed by atoms with Crippen LogP contribution in [0.25, 0.3) is 0 Å². The number of hydrogen-bond acceptors (Lipinski definition) is 28. The van der Waals surface area contributed by atoms with Crippen LogP contribution in [0.4, 0.5) is 17.1 Å². The molecule has 3 aromatic heterocycles. The average Bonchev–Trinajstić information content (AvgIpc) is 1.71. The number of rotatable bonds is 34. The first-order valence-electron chi connectivity index (χ1n) is 45.7. The van der Waals surface area contributed by atoms with Gasteiger partial charge >= 0.3 is 27.2 Å². The summed E-state index contributed by atoms with van der Waals surface area (Å²) in [6.45, 7) is 53.3. The van der Waals surface area contributed by atoms with Gasteiger partial charge in [0.15, 0.2) is 16.6 Å². The largest absolute Gasteiger partial charge is 0.496 e. The van der Waals surface area contributed by atoms with Crippen LogP contribution in [0.2, 0.25) is 36.3 Å². The lowest BCUT2D eigenvalue weighted by atomic mass is 9.83. The minimum absolute atomic E-state index is 0.0163. The molecule has 0 spiro atoms. The Morgan fingerprint density at radius 2 is 0.818 bits per heavy atom. The Labute approximate surface area is 844 Å². The number of halogens is 3. The summed E-state index contributed by atoms with van der Waals surface area (Å²) >= 11 is 5.93. The van der Waals surface area contributed by atoms with Gasteiger partial charge in [-0.2, -0.15) is 13.4 Å². The van der Waals surface area contributed by atoms with Crippen molar-refractivity contribution in [3.8, 4) is 23.1 Å². The van der Waals surface area contributed by atoms with Crippen molar-refractivity contribution in [2.45, 2.75) is 344 Å². The van der Waals surface area contributed by atoms with Gasteiger partial charge in [0.1, 0.15) is 46.9 Å². The predicted molar refractivity (Wildman–Crippen MR) is 549 cm³/mol. The second-order valence-corrected chi connectivity index (χ2v) is 56.5. The fourth-order valence-corrected chi connectivity index (χ4v) is 22.3. The molecule has 10 rings (SSSR count). The van der Waals surface area contributed by atoms with Crippen LogP contribution in [0.15, 0.2) is 96.0 Å². The zero-order valence-corrected chi connectivity index (χ0v) is 93.4. The van der Waals surface area contributed by atoms with Crippen LogP contribution < -0.4 is 46.6 Å². The number of aliphatic hydroxyl groups excluding tert-OH is 2. The van der Waals surface area contributed by atoms with Crippen LogP contribution >= 0.6 is 67.8 Å². The van der Waals surface area contributed by atoms with Crippen LogP contribution in [0.3, 0.4) is 0 Å². The van der Waals surface area contributed by atoms with E-state index in [-0.39, 0.29) is 128 Å². The van der Waals surface area contributed by atoms with Gasteiger partial charge in [-0.25, -0.2) is 14.4 Å². The fraction of sp³-hybridized carbons (Fsp3) is 0.621. The molecule has 4 N–H and O–H groups in total. The maximum Gasteiger partial charge on any atom is 0.353 e. The third kappa shape index (κ3) is 27.8. The summed E-state index contributed by atoms with van der Waals surface area (Å²) in [6, 6.07) is 12.9. The van der Waals surface area contributed by atoms with Crippen molar-refractivity contribution in [3.63, 3.8) is 0 Å². The van der Waals surface area contributed by atoms with E-state index >= 15 is 0 Å². The maximum atomic E-state index is 14.7. The molecule has 760 valence electrons. The number of aliphatic hydroxyl groups is 2. The quantitative estimate of drug-likeness (QED) is 0.00956. The molecule has 3 saturated heterocycles. The van der Waals surface area contributed by atoms with Gasteiger partial charge in [-0.15, -0.1) is 0 Å². The third-order valence-electron chi connectivity index (χ3n) is 25.5. The number of H-pyrrole nitrogens is 2. The summed E-state index contributed by atoms with van der Waals surface area (Å²) in [5.41, 5.74) is -2.15. The zero-order chi connectivity index (χ0) is 103. The smallest absolute Gasteiger partial charge is 0.353 e. The van der Waals surface area contributed by atoms with Crippen LogP contribution in [0.5, 0.6) is 23.1 Å². The van der Waals surface area contributed by atoms with Crippen LogP contribution in [0, 0.1) is 57.3 Å². The molecular weight excluding hydrogens is 2170 g/mol. The molecule has 0 bridgehead atoms. The Morgan fingerprint density at radius 3 is 1.11 bits per heavy atom. The van der Waals surface area contributed by atoms with E-state index in [1.165, 1.54) is 67.3 Å². The second kappa shape index (κ2) is 46.0. The van der Waals surface area contributed by atoms with E-state index in [2.05, 4.69) is 96.5 Å². The molecule has 4 aromatic carbocycles. The number of aromatic amines is 2. The van der Waals surface area contributed by atoms with Gasteiger partial charge in [0.2, 0.25) is 5.88 Å². The Balaban J connectivity index is 0.000000263. The minimum atomic E-state index is -4.60. The molecule has 36 nitrogen and oxygen atoms in total. The number of nitro benzene ring substituents is 3. The highest BCUT2D eigenvalue weighted by atomic mass is 127. The molecule has 0 saturated carbocycles. The van der Waals surface area contributed by atoms with E-state index in [9.17, 15) is 72.9 Å². The number of benzene rings is 4. The topological polar surface area (TPSA) is 459 Å². The molecule has 0 amide bonds. The zero-order valence-electron chi connectivity index (χ0n) is 84.1. The lowest BCUT2D eigenvalue weighted by molar-refractivity contribution is -0.386. The second-order valence-electron chi connectivity index (χ2n) is 42.0. The van der Waals surface area contributed by atoms with Gasteiger partial charge in [0.25, 0.3) is 28.2 Å². The summed E-state index contributed by atoms with van der Waals surface area (Å²) in [7, 11) is -4.48. The monoisotopic (exact) mass is 2310 g/mol. The summed E-state index contributed by atoms with van der Waals surface area (Å²) < 4.78 is 108. The third-order valence-corrected chi connectivity index (χ3v) is 38.4. The van der Waals surface area contributed by atoms with Crippen molar-refractivity contribution in [2.75, 3.05) is 27.9 Å². The summed E-state index contributed by atoms with van der Waals surface area (Å²) in [4.78, 5) is 109. The molecular formula is C95H138I3N9O27SSi2. The van der Waals surface area contributed by atoms with Crippen molar-refractivity contribution in [2.24, 2.45) is 16.2 Å². The van der Waals surface area contributed by atoms with Crippen molar-refractivity contribution >= 4 is 112 Å². The van der Waals surface area contributed by atoms with Crippen LogP contribution in [-0.2, 0) is 67.2 Å². The molecule has 0 radical (unpaired) electrons. The van der Waals surface area contributed by atoms with Crippen LogP contribution in [-0.4, -0.2) is 143 Å². The molecule has 3 unspecified atom stereocenters. The summed E-state index contributed by atoms with van der Waals surface area (Å²) in [6.07, 6.45) is -1.07. The molecule has 3 aliphatic heterocycles.